The summed E-state index contributed by atoms with van der Waals surface area (Å²) in [6.45, 7) is 3.60. The zero-order chi connectivity index (χ0) is 13.0. The van der Waals surface area contributed by atoms with Crippen molar-refractivity contribution in [1.82, 2.24) is 0 Å². The molecule has 1 aromatic carbocycles. The Hall–Kier alpha value is -1.73. The summed E-state index contributed by atoms with van der Waals surface area (Å²) in [5.41, 5.74) is 0.900. The molecule has 0 aliphatic heterocycles. The van der Waals surface area contributed by atoms with Gasteiger partial charge < -0.3 is 10.4 Å². The molecule has 1 aromatic rings. The van der Waals surface area contributed by atoms with E-state index in [1.807, 2.05) is 6.07 Å². The fourth-order valence-electron chi connectivity index (χ4n) is 1.39. The maximum Gasteiger partial charge on any atom is 0.326 e. The molecule has 90 valence electrons. The van der Waals surface area contributed by atoms with Crippen molar-refractivity contribution < 1.29 is 9.90 Å². The molecule has 1 atom stereocenters. The smallest absolute Gasteiger partial charge is 0.326 e. The van der Waals surface area contributed by atoms with Gasteiger partial charge in [0.1, 0.15) is 6.04 Å². The second kappa shape index (κ2) is 5.55. The highest BCUT2D eigenvalue weighted by atomic mass is 35.5. The summed E-state index contributed by atoms with van der Waals surface area (Å²) in [5.74, 6) is -1.03. The van der Waals surface area contributed by atoms with Crippen LogP contribution < -0.4 is 5.32 Å². The van der Waals surface area contributed by atoms with Gasteiger partial charge in [-0.25, -0.2) is 4.79 Å². The first kappa shape index (κ1) is 13.3. The van der Waals surface area contributed by atoms with E-state index in [1.165, 1.54) is 0 Å². The predicted octanol–water partition coefficient (Wildman–Crippen LogP) is 2.73. The van der Waals surface area contributed by atoms with Crippen molar-refractivity contribution >= 4 is 23.3 Å². The first-order valence-corrected chi connectivity index (χ1v) is 5.52. The lowest BCUT2D eigenvalue weighted by atomic mass is 10.0. The molecule has 0 aromatic heterocycles. The SMILES string of the molecule is CC(C)C(Nc1cc(C#N)ccc1Cl)C(=O)O. The third-order valence-corrected chi connectivity index (χ3v) is 2.67. The monoisotopic (exact) mass is 252 g/mol. The Bertz CT molecular complexity index is 466. The molecule has 0 saturated heterocycles. The number of anilines is 1. The molecule has 1 unspecified atom stereocenters. The molecule has 0 radical (unpaired) electrons. The van der Waals surface area contributed by atoms with Crippen molar-refractivity contribution in [2.24, 2.45) is 5.92 Å². The summed E-state index contributed by atoms with van der Waals surface area (Å²) < 4.78 is 0. The van der Waals surface area contributed by atoms with Crippen LogP contribution >= 0.6 is 11.6 Å². The number of rotatable bonds is 4. The van der Waals surface area contributed by atoms with Crippen LogP contribution in [-0.2, 0) is 4.79 Å². The minimum absolute atomic E-state index is 0.0886. The summed E-state index contributed by atoms with van der Waals surface area (Å²) in [5, 5.41) is 21.1. The average Bonchev–Trinajstić information content (AvgIpc) is 2.27. The number of halogens is 1. The number of aliphatic carboxylic acids is 1. The molecule has 1 rings (SSSR count). The van der Waals surface area contributed by atoms with Crippen molar-refractivity contribution in [3.63, 3.8) is 0 Å². The lowest BCUT2D eigenvalue weighted by Gasteiger charge is -2.20. The van der Waals surface area contributed by atoms with E-state index >= 15 is 0 Å². The Morgan fingerprint density at radius 1 is 1.53 bits per heavy atom. The molecule has 2 N–H and O–H groups in total. The zero-order valence-corrected chi connectivity index (χ0v) is 10.3. The fraction of sp³-hybridized carbons (Fsp3) is 0.333. The second-order valence-corrected chi connectivity index (χ2v) is 4.42. The van der Waals surface area contributed by atoms with Crippen molar-refractivity contribution in [1.29, 1.82) is 5.26 Å². The van der Waals surface area contributed by atoms with E-state index in [2.05, 4.69) is 5.32 Å². The van der Waals surface area contributed by atoms with E-state index in [0.29, 0.717) is 16.3 Å². The third-order valence-electron chi connectivity index (χ3n) is 2.34. The zero-order valence-electron chi connectivity index (χ0n) is 9.57. The summed E-state index contributed by atoms with van der Waals surface area (Å²) in [7, 11) is 0. The first-order valence-electron chi connectivity index (χ1n) is 5.14. The van der Waals surface area contributed by atoms with Gasteiger partial charge in [0, 0.05) is 0 Å². The maximum atomic E-state index is 11.0. The summed E-state index contributed by atoms with van der Waals surface area (Å²) in [6, 6.07) is 5.94. The molecule has 0 amide bonds. The molecular weight excluding hydrogens is 240 g/mol. The lowest BCUT2D eigenvalue weighted by Crippen LogP contribution is -2.34. The van der Waals surface area contributed by atoms with Gasteiger partial charge in [-0.05, 0) is 24.1 Å². The normalized spacial score (nSPS) is 11.9. The largest absolute Gasteiger partial charge is 0.480 e. The molecule has 0 aliphatic carbocycles. The van der Waals surface area contributed by atoms with Crippen LogP contribution in [0.1, 0.15) is 19.4 Å². The van der Waals surface area contributed by atoms with Crippen LogP contribution in [-0.4, -0.2) is 17.1 Å². The number of carbonyl (C=O) groups is 1. The van der Waals surface area contributed by atoms with E-state index in [1.54, 1.807) is 32.0 Å². The van der Waals surface area contributed by atoms with Crippen molar-refractivity contribution in [2.75, 3.05) is 5.32 Å². The minimum atomic E-state index is -0.946. The van der Waals surface area contributed by atoms with Gasteiger partial charge in [-0.1, -0.05) is 25.4 Å². The van der Waals surface area contributed by atoms with Crippen LogP contribution in [0.25, 0.3) is 0 Å². The number of nitriles is 1. The Labute approximate surface area is 105 Å². The standard InChI is InChI=1S/C12H13ClN2O2/c1-7(2)11(12(16)17)15-10-5-8(6-14)3-4-9(10)13/h3-5,7,11,15H,1-2H3,(H,16,17). The van der Waals surface area contributed by atoms with Crippen molar-refractivity contribution in [2.45, 2.75) is 19.9 Å². The van der Waals surface area contributed by atoms with Crippen LogP contribution in [0.15, 0.2) is 18.2 Å². The summed E-state index contributed by atoms with van der Waals surface area (Å²) in [4.78, 5) is 11.0. The minimum Gasteiger partial charge on any atom is -0.480 e. The highest BCUT2D eigenvalue weighted by Gasteiger charge is 2.21. The summed E-state index contributed by atoms with van der Waals surface area (Å²) >= 11 is 5.94. The van der Waals surface area contributed by atoms with Gasteiger partial charge in [0.15, 0.2) is 0 Å². The Morgan fingerprint density at radius 2 is 2.18 bits per heavy atom. The lowest BCUT2D eigenvalue weighted by molar-refractivity contribution is -0.138. The number of benzene rings is 1. The van der Waals surface area contributed by atoms with E-state index in [-0.39, 0.29) is 5.92 Å². The topological polar surface area (TPSA) is 73.1 Å². The molecule has 0 spiro atoms. The summed E-state index contributed by atoms with van der Waals surface area (Å²) in [6.07, 6.45) is 0. The fourth-order valence-corrected chi connectivity index (χ4v) is 1.56. The quantitative estimate of drug-likeness (QED) is 0.864. The van der Waals surface area contributed by atoms with Gasteiger partial charge in [0.05, 0.1) is 22.3 Å². The Morgan fingerprint density at radius 3 is 2.65 bits per heavy atom. The number of hydrogen-bond donors (Lipinski definition) is 2. The van der Waals surface area contributed by atoms with Gasteiger partial charge in [0.25, 0.3) is 0 Å². The van der Waals surface area contributed by atoms with Crippen LogP contribution in [0.3, 0.4) is 0 Å². The van der Waals surface area contributed by atoms with Crippen molar-refractivity contribution in [3.05, 3.63) is 28.8 Å². The predicted molar refractivity (Wildman–Crippen MR) is 66.1 cm³/mol. The maximum absolute atomic E-state index is 11.0. The average molecular weight is 253 g/mol. The third kappa shape index (κ3) is 3.36. The van der Waals surface area contributed by atoms with E-state index < -0.39 is 12.0 Å². The molecule has 5 heteroatoms. The highest BCUT2D eigenvalue weighted by molar-refractivity contribution is 6.33. The number of hydrogen-bond acceptors (Lipinski definition) is 3. The number of carboxylic acid groups (broad SMARTS) is 1. The van der Waals surface area contributed by atoms with Gasteiger partial charge in [0.2, 0.25) is 0 Å². The number of carboxylic acids is 1. The number of nitrogens with zero attached hydrogens (tertiary/aromatic N) is 1. The van der Waals surface area contributed by atoms with Crippen LogP contribution in [0.2, 0.25) is 5.02 Å². The highest BCUT2D eigenvalue weighted by Crippen LogP contribution is 2.24. The van der Waals surface area contributed by atoms with Gasteiger partial charge in [-0.3, -0.25) is 0 Å². The van der Waals surface area contributed by atoms with Crippen LogP contribution in [0.5, 0.6) is 0 Å². The Balaban J connectivity index is 3.01. The van der Waals surface area contributed by atoms with Gasteiger partial charge in [-0.15, -0.1) is 0 Å². The van der Waals surface area contributed by atoms with E-state index in [9.17, 15) is 4.79 Å². The van der Waals surface area contributed by atoms with Gasteiger partial charge in [-0.2, -0.15) is 5.26 Å². The molecular formula is C12H13ClN2O2. The van der Waals surface area contributed by atoms with Crippen molar-refractivity contribution in [3.8, 4) is 6.07 Å². The molecule has 0 aliphatic rings. The van der Waals surface area contributed by atoms with Crippen LogP contribution in [0.4, 0.5) is 5.69 Å². The molecule has 0 saturated carbocycles. The number of nitrogens with one attached hydrogen (secondary N) is 1. The van der Waals surface area contributed by atoms with Gasteiger partial charge >= 0.3 is 5.97 Å². The molecule has 4 nitrogen and oxygen atoms in total. The van der Waals surface area contributed by atoms with E-state index in [4.69, 9.17) is 22.0 Å². The second-order valence-electron chi connectivity index (χ2n) is 4.01. The van der Waals surface area contributed by atoms with Crippen LogP contribution in [0, 0.1) is 17.2 Å². The Kier molecular flexibility index (Phi) is 4.36. The molecule has 17 heavy (non-hydrogen) atoms. The molecule has 0 fully saturated rings. The van der Waals surface area contributed by atoms with E-state index in [0.717, 1.165) is 0 Å². The first-order chi connectivity index (χ1) is 7.95. The molecule has 0 heterocycles. The molecule has 0 bridgehead atoms.